The Kier molecular flexibility index (Phi) is 4.81. The normalized spacial score (nSPS) is 16.4. The maximum Gasteiger partial charge on any atom is 0.227 e. The maximum absolute atomic E-state index is 14.4. The SMILES string of the molecule is Cc1ccc(C)c(N2CC(c3nc4ccccc4n3Cc3ccccc3F)CC2=O)c1. The fourth-order valence-corrected chi connectivity index (χ4v) is 4.49. The van der Waals surface area contributed by atoms with Crippen molar-refractivity contribution in [3.8, 4) is 0 Å². The van der Waals surface area contributed by atoms with Gasteiger partial charge in [0.1, 0.15) is 11.6 Å². The molecule has 1 amide bonds. The van der Waals surface area contributed by atoms with Crippen LogP contribution in [0, 0.1) is 19.7 Å². The first-order valence-corrected chi connectivity index (χ1v) is 10.6. The molecule has 1 aromatic heterocycles. The van der Waals surface area contributed by atoms with E-state index in [1.165, 1.54) is 6.07 Å². The van der Waals surface area contributed by atoms with Crippen molar-refractivity contribution in [2.75, 3.05) is 11.4 Å². The van der Waals surface area contributed by atoms with Crippen molar-refractivity contribution >= 4 is 22.6 Å². The summed E-state index contributed by atoms with van der Waals surface area (Å²) in [6.45, 7) is 5.03. The van der Waals surface area contributed by atoms with E-state index in [0.29, 0.717) is 25.1 Å². The molecule has 4 aromatic rings. The number of amides is 1. The Morgan fingerprint density at radius 1 is 1.03 bits per heavy atom. The van der Waals surface area contributed by atoms with Crippen LogP contribution in [0.1, 0.15) is 34.9 Å². The van der Waals surface area contributed by atoms with Crippen molar-refractivity contribution in [3.63, 3.8) is 0 Å². The number of fused-ring (bicyclic) bond motifs is 1. The van der Waals surface area contributed by atoms with Gasteiger partial charge >= 0.3 is 0 Å². The molecule has 5 heteroatoms. The van der Waals surface area contributed by atoms with Crippen LogP contribution in [0.15, 0.2) is 66.7 Å². The van der Waals surface area contributed by atoms with Gasteiger partial charge in [0.05, 0.1) is 17.6 Å². The van der Waals surface area contributed by atoms with Crippen molar-refractivity contribution in [2.24, 2.45) is 0 Å². The number of halogens is 1. The van der Waals surface area contributed by atoms with E-state index in [9.17, 15) is 9.18 Å². The average molecular weight is 413 g/mol. The summed E-state index contributed by atoms with van der Waals surface area (Å²) >= 11 is 0. The lowest BCUT2D eigenvalue weighted by Gasteiger charge is -2.20. The molecule has 2 heterocycles. The molecule has 1 atom stereocenters. The van der Waals surface area contributed by atoms with Gasteiger partial charge in [-0.1, -0.05) is 42.5 Å². The standard InChI is InChI=1S/C26H24FN3O/c1-17-11-12-18(2)24(13-17)29-16-20(14-25(29)31)26-28-22-9-5-6-10-23(22)30(26)15-19-7-3-4-8-21(19)27/h3-13,20H,14-16H2,1-2H3. The molecule has 0 saturated carbocycles. The number of aryl methyl sites for hydroxylation is 2. The van der Waals surface area contributed by atoms with E-state index in [2.05, 4.69) is 22.8 Å². The minimum Gasteiger partial charge on any atom is -0.323 e. The number of nitrogens with zero attached hydrogens (tertiary/aromatic N) is 3. The van der Waals surface area contributed by atoms with E-state index in [-0.39, 0.29) is 17.6 Å². The summed E-state index contributed by atoms with van der Waals surface area (Å²) in [5, 5.41) is 0. The molecule has 1 unspecified atom stereocenters. The molecule has 0 N–H and O–H groups in total. The zero-order chi connectivity index (χ0) is 21.5. The summed E-state index contributed by atoms with van der Waals surface area (Å²) in [6, 6.07) is 20.9. The number of aromatic nitrogens is 2. The first-order valence-electron chi connectivity index (χ1n) is 10.6. The van der Waals surface area contributed by atoms with Crippen LogP contribution in [-0.4, -0.2) is 22.0 Å². The molecular weight excluding hydrogens is 389 g/mol. The van der Waals surface area contributed by atoms with Crippen LogP contribution in [0.3, 0.4) is 0 Å². The van der Waals surface area contributed by atoms with Crippen LogP contribution >= 0.6 is 0 Å². The molecule has 3 aromatic carbocycles. The Balaban J connectivity index is 1.55. The molecule has 0 radical (unpaired) electrons. The van der Waals surface area contributed by atoms with Gasteiger partial charge in [-0.3, -0.25) is 4.79 Å². The zero-order valence-corrected chi connectivity index (χ0v) is 17.7. The summed E-state index contributed by atoms with van der Waals surface area (Å²) in [5.74, 6) is 0.658. The maximum atomic E-state index is 14.4. The molecule has 156 valence electrons. The van der Waals surface area contributed by atoms with Gasteiger partial charge in [-0.05, 0) is 49.2 Å². The van der Waals surface area contributed by atoms with Gasteiger partial charge in [0, 0.05) is 30.1 Å². The number of benzene rings is 3. The van der Waals surface area contributed by atoms with Crippen LogP contribution in [0.25, 0.3) is 11.0 Å². The van der Waals surface area contributed by atoms with Crippen molar-refractivity contribution in [1.29, 1.82) is 0 Å². The van der Waals surface area contributed by atoms with Crippen LogP contribution in [0.5, 0.6) is 0 Å². The largest absolute Gasteiger partial charge is 0.323 e. The van der Waals surface area contributed by atoms with E-state index >= 15 is 0 Å². The molecule has 0 aliphatic carbocycles. The van der Waals surface area contributed by atoms with E-state index in [1.807, 2.05) is 49.1 Å². The number of rotatable bonds is 4. The molecule has 1 saturated heterocycles. The van der Waals surface area contributed by atoms with Gasteiger partial charge in [0.15, 0.2) is 0 Å². The summed E-state index contributed by atoms with van der Waals surface area (Å²) in [7, 11) is 0. The van der Waals surface area contributed by atoms with Crippen LogP contribution in [0.2, 0.25) is 0 Å². The molecule has 5 rings (SSSR count). The second-order valence-electron chi connectivity index (χ2n) is 8.33. The number of imidazole rings is 1. The smallest absolute Gasteiger partial charge is 0.227 e. The molecule has 0 bridgehead atoms. The number of carbonyl (C=O) groups is 1. The molecule has 1 aliphatic heterocycles. The Morgan fingerprint density at radius 3 is 2.65 bits per heavy atom. The first kappa shape index (κ1) is 19.5. The fraction of sp³-hybridized carbons (Fsp3) is 0.231. The first-order chi connectivity index (χ1) is 15.0. The zero-order valence-electron chi connectivity index (χ0n) is 17.7. The Bertz CT molecular complexity index is 1290. The lowest BCUT2D eigenvalue weighted by Crippen LogP contribution is -2.25. The monoisotopic (exact) mass is 413 g/mol. The van der Waals surface area contributed by atoms with Crippen LogP contribution in [-0.2, 0) is 11.3 Å². The van der Waals surface area contributed by atoms with Gasteiger partial charge in [-0.15, -0.1) is 0 Å². The summed E-state index contributed by atoms with van der Waals surface area (Å²) < 4.78 is 16.5. The Morgan fingerprint density at radius 2 is 1.81 bits per heavy atom. The summed E-state index contributed by atoms with van der Waals surface area (Å²) in [5.41, 5.74) is 5.61. The second kappa shape index (κ2) is 7.65. The fourth-order valence-electron chi connectivity index (χ4n) is 4.49. The summed E-state index contributed by atoms with van der Waals surface area (Å²) in [4.78, 5) is 19.7. The lowest BCUT2D eigenvalue weighted by atomic mass is 10.1. The van der Waals surface area contributed by atoms with E-state index in [1.54, 1.807) is 12.1 Å². The van der Waals surface area contributed by atoms with Gasteiger partial charge < -0.3 is 9.47 Å². The third-order valence-corrected chi connectivity index (χ3v) is 6.12. The molecule has 0 spiro atoms. The van der Waals surface area contributed by atoms with Gasteiger partial charge in [0.2, 0.25) is 5.91 Å². The van der Waals surface area contributed by atoms with Crippen molar-refractivity contribution in [2.45, 2.75) is 32.7 Å². The van der Waals surface area contributed by atoms with E-state index in [4.69, 9.17) is 4.98 Å². The van der Waals surface area contributed by atoms with Gasteiger partial charge in [-0.2, -0.15) is 0 Å². The minimum atomic E-state index is -0.231. The molecule has 31 heavy (non-hydrogen) atoms. The third-order valence-electron chi connectivity index (χ3n) is 6.12. The number of carbonyl (C=O) groups excluding carboxylic acids is 1. The number of para-hydroxylation sites is 2. The van der Waals surface area contributed by atoms with Crippen LogP contribution < -0.4 is 4.90 Å². The Hall–Kier alpha value is -3.47. The lowest BCUT2D eigenvalue weighted by molar-refractivity contribution is -0.117. The quantitative estimate of drug-likeness (QED) is 0.452. The minimum absolute atomic E-state index is 0.0495. The van der Waals surface area contributed by atoms with Crippen molar-refractivity contribution in [1.82, 2.24) is 9.55 Å². The van der Waals surface area contributed by atoms with E-state index in [0.717, 1.165) is 33.7 Å². The molecule has 4 nitrogen and oxygen atoms in total. The highest BCUT2D eigenvalue weighted by Gasteiger charge is 2.35. The topological polar surface area (TPSA) is 38.1 Å². The highest BCUT2D eigenvalue weighted by atomic mass is 19.1. The van der Waals surface area contributed by atoms with Crippen molar-refractivity contribution < 1.29 is 9.18 Å². The Labute approximate surface area is 181 Å². The predicted molar refractivity (Wildman–Crippen MR) is 121 cm³/mol. The van der Waals surface area contributed by atoms with Crippen molar-refractivity contribution in [3.05, 3.63) is 95.1 Å². The van der Waals surface area contributed by atoms with Gasteiger partial charge in [-0.25, -0.2) is 9.37 Å². The highest BCUT2D eigenvalue weighted by Crippen LogP contribution is 2.35. The predicted octanol–water partition coefficient (Wildman–Crippen LogP) is 5.36. The van der Waals surface area contributed by atoms with E-state index < -0.39 is 0 Å². The summed E-state index contributed by atoms with van der Waals surface area (Å²) in [6.07, 6.45) is 0.397. The third kappa shape index (κ3) is 3.50. The highest BCUT2D eigenvalue weighted by molar-refractivity contribution is 5.97. The van der Waals surface area contributed by atoms with Crippen LogP contribution in [0.4, 0.5) is 10.1 Å². The molecular formula is C26H24FN3O. The molecule has 1 fully saturated rings. The average Bonchev–Trinajstić information content (AvgIpc) is 3.32. The van der Waals surface area contributed by atoms with Gasteiger partial charge in [0.25, 0.3) is 0 Å². The number of anilines is 1. The number of hydrogen-bond acceptors (Lipinski definition) is 2. The second-order valence-corrected chi connectivity index (χ2v) is 8.33. The number of hydrogen-bond donors (Lipinski definition) is 0. The molecule has 1 aliphatic rings.